The average molecular weight is 466 g/mol. The van der Waals surface area contributed by atoms with Gasteiger partial charge in [0.2, 0.25) is 5.91 Å². The molecule has 0 N–H and O–H groups in total. The van der Waals surface area contributed by atoms with E-state index in [4.69, 9.17) is 13.9 Å². The summed E-state index contributed by atoms with van der Waals surface area (Å²) in [4.78, 5) is 39.6. The number of esters is 2. The van der Waals surface area contributed by atoms with Crippen molar-refractivity contribution < 1.29 is 28.3 Å². The first-order valence-electron chi connectivity index (χ1n) is 11.2. The van der Waals surface area contributed by atoms with Gasteiger partial charge >= 0.3 is 11.9 Å². The molecule has 0 aliphatic carbocycles. The standard InChI is InChI=1S/C24H39NO6Si/c1-9-29-21(27)16-20(26)25(17-19-14-12-11-13-15-19)18(3)22(23(28)30-10-2)31-32(7,8)24(4,5)6/h11-15,18,22H,9-10,16-17H2,1-8H3/t18-,22-/m0/s1. The molecule has 0 aliphatic rings. The SMILES string of the molecule is CCOC(=O)CC(=O)N(Cc1ccccc1)[C@@H](C)[C@H](O[Si](C)(C)C(C)(C)C)C(=O)OCC. The molecule has 0 saturated heterocycles. The maximum Gasteiger partial charge on any atom is 0.336 e. The van der Waals surface area contributed by atoms with Gasteiger partial charge in [-0.3, -0.25) is 9.59 Å². The van der Waals surface area contributed by atoms with Gasteiger partial charge in [-0.25, -0.2) is 4.79 Å². The van der Waals surface area contributed by atoms with Crippen molar-refractivity contribution in [2.75, 3.05) is 13.2 Å². The molecular formula is C24H39NO6Si. The Bertz CT molecular complexity index is 760. The van der Waals surface area contributed by atoms with E-state index in [1.54, 1.807) is 20.8 Å². The lowest BCUT2D eigenvalue weighted by Gasteiger charge is -2.42. The van der Waals surface area contributed by atoms with Crippen LogP contribution in [0, 0.1) is 0 Å². The molecule has 1 aromatic rings. The van der Waals surface area contributed by atoms with Crippen molar-refractivity contribution >= 4 is 26.2 Å². The van der Waals surface area contributed by atoms with Gasteiger partial charge in [0.1, 0.15) is 6.42 Å². The molecule has 0 bridgehead atoms. The highest BCUT2D eigenvalue weighted by Crippen LogP contribution is 2.38. The van der Waals surface area contributed by atoms with Gasteiger partial charge in [-0.2, -0.15) is 0 Å². The van der Waals surface area contributed by atoms with Gasteiger partial charge in [-0.05, 0) is 44.5 Å². The van der Waals surface area contributed by atoms with Crippen molar-refractivity contribution in [3.05, 3.63) is 35.9 Å². The summed E-state index contributed by atoms with van der Waals surface area (Å²) in [6, 6.07) is 8.79. The summed E-state index contributed by atoms with van der Waals surface area (Å²) in [6.07, 6.45) is -1.37. The van der Waals surface area contributed by atoms with Crippen LogP contribution in [0.1, 0.15) is 53.5 Å². The normalized spacial score (nSPS) is 13.8. The van der Waals surface area contributed by atoms with Gasteiger partial charge < -0.3 is 18.8 Å². The van der Waals surface area contributed by atoms with Gasteiger partial charge in [0, 0.05) is 6.54 Å². The van der Waals surface area contributed by atoms with Crippen LogP contribution in [-0.2, 0) is 34.8 Å². The second-order valence-electron chi connectivity index (χ2n) is 9.28. The molecule has 32 heavy (non-hydrogen) atoms. The first-order valence-corrected chi connectivity index (χ1v) is 14.1. The van der Waals surface area contributed by atoms with Gasteiger partial charge in [-0.1, -0.05) is 51.1 Å². The average Bonchev–Trinajstić information content (AvgIpc) is 2.70. The molecule has 2 atom stereocenters. The van der Waals surface area contributed by atoms with E-state index in [0.717, 1.165) is 5.56 Å². The monoisotopic (exact) mass is 465 g/mol. The van der Waals surface area contributed by atoms with Crippen molar-refractivity contribution in [3.8, 4) is 0 Å². The second kappa shape index (κ2) is 12.2. The molecule has 0 unspecified atom stereocenters. The maximum atomic E-state index is 13.2. The summed E-state index contributed by atoms with van der Waals surface area (Å²) < 4.78 is 16.7. The molecule has 0 radical (unpaired) electrons. The van der Waals surface area contributed by atoms with E-state index in [0.29, 0.717) is 0 Å². The first kappa shape index (κ1) is 27.8. The number of rotatable bonds is 11. The minimum atomic E-state index is -2.37. The Morgan fingerprint density at radius 2 is 1.56 bits per heavy atom. The molecule has 0 aromatic heterocycles. The number of amides is 1. The fourth-order valence-electron chi connectivity index (χ4n) is 2.90. The van der Waals surface area contributed by atoms with Crippen molar-refractivity contribution in [1.82, 2.24) is 4.90 Å². The summed E-state index contributed by atoms with van der Waals surface area (Å²) in [6.45, 7) is 16.2. The van der Waals surface area contributed by atoms with E-state index in [1.807, 2.05) is 43.4 Å². The third kappa shape index (κ3) is 8.06. The lowest BCUT2D eigenvalue weighted by Crippen LogP contribution is -2.55. The number of hydrogen-bond donors (Lipinski definition) is 0. The predicted octanol–water partition coefficient (Wildman–Crippen LogP) is 4.31. The van der Waals surface area contributed by atoms with E-state index < -0.39 is 44.7 Å². The number of nitrogens with zero attached hydrogens (tertiary/aromatic N) is 1. The fourth-order valence-corrected chi connectivity index (χ4v) is 4.18. The molecule has 0 saturated carbocycles. The van der Waals surface area contributed by atoms with E-state index in [1.165, 1.54) is 4.90 Å². The van der Waals surface area contributed by atoms with Gasteiger partial charge in [0.05, 0.1) is 19.3 Å². The number of ether oxygens (including phenoxy) is 2. The minimum absolute atomic E-state index is 0.142. The smallest absolute Gasteiger partial charge is 0.336 e. The first-order chi connectivity index (χ1) is 14.8. The van der Waals surface area contributed by atoms with Crippen LogP contribution >= 0.6 is 0 Å². The molecule has 7 nitrogen and oxygen atoms in total. The molecule has 8 heteroatoms. The second-order valence-corrected chi connectivity index (χ2v) is 14.0. The van der Waals surface area contributed by atoms with Crippen LogP contribution in [0.25, 0.3) is 0 Å². The number of hydrogen-bond acceptors (Lipinski definition) is 6. The Balaban J connectivity index is 3.31. The Morgan fingerprint density at radius 1 is 1.00 bits per heavy atom. The van der Waals surface area contributed by atoms with Gasteiger partial charge in [0.25, 0.3) is 0 Å². The summed E-state index contributed by atoms with van der Waals surface area (Å²) in [7, 11) is -2.37. The third-order valence-corrected chi connectivity index (χ3v) is 10.2. The van der Waals surface area contributed by atoms with Crippen LogP contribution in [0.3, 0.4) is 0 Å². The van der Waals surface area contributed by atoms with Gasteiger partial charge in [-0.15, -0.1) is 0 Å². The number of carbonyl (C=O) groups is 3. The lowest BCUT2D eigenvalue weighted by molar-refractivity contribution is -0.158. The van der Waals surface area contributed by atoms with Crippen LogP contribution in [-0.4, -0.2) is 56.4 Å². The predicted molar refractivity (Wildman–Crippen MR) is 126 cm³/mol. The zero-order chi connectivity index (χ0) is 24.5. The van der Waals surface area contributed by atoms with E-state index in [2.05, 4.69) is 20.8 Å². The van der Waals surface area contributed by atoms with Crippen molar-refractivity contribution in [3.63, 3.8) is 0 Å². The Kier molecular flexibility index (Phi) is 10.6. The molecule has 0 spiro atoms. The highest BCUT2D eigenvalue weighted by molar-refractivity contribution is 6.74. The minimum Gasteiger partial charge on any atom is -0.466 e. The molecule has 1 aromatic carbocycles. The van der Waals surface area contributed by atoms with Crippen LogP contribution < -0.4 is 0 Å². The van der Waals surface area contributed by atoms with E-state index >= 15 is 0 Å². The fraction of sp³-hybridized carbons (Fsp3) is 0.625. The zero-order valence-corrected chi connectivity index (χ0v) is 21.8. The summed E-state index contributed by atoms with van der Waals surface area (Å²) in [5.41, 5.74) is 0.881. The molecule has 0 heterocycles. The largest absolute Gasteiger partial charge is 0.466 e. The molecule has 0 aliphatic heterocycles. The number of carbonyl (C=O) groups excluding carboxylic acids is 3. The van der Waals surface area contributed by atoms with E-state index in [9.17, 15) is 14.4 Å². The molecular weight excluding hydrogens is 426 g/mol. The maximum absolute atomic E-state index is 13.2. The van der Waals surface area contributed by atoms with Crippen molar-refractivity contribution in [1.29, 1.82) is 0 Å². The Labute approximate surface area is 193 Å². The van der Waals surface area contributed by atoms with Crippen molar-refractivity contribution in [2.45, 2.75) is 84.8 Å². The third-order valence-electron chi connectivity index (χ3n) is 5.79. The molecule has 1 amide bonds. The molecule has 180 valence electrons. The lowest BCUT2D eigenvalue weighted by atomic mass is 10.1. The number of benzene rings is 1. The van der Waals surface area contributed by atoms with Crippen LogP contribution in [0.15, 0.2) is 30.3 Å². The summed E-state index contributed by atoms with van der Waals surface area (Å²) >= 11 is 0. The van der Waals surface area contributed by atoms with Crippen LogP contribution in [0.5, 0.6) is 0 Å². The quantitative estimate of drug-likeness (QED) is 0.275. The van der Waals surface area contributed by atoms with Crippen LogP contribution in [0.2, 0.25) is 18.1 Å². The highest BCUT2D eigenvalue weighted by atomic mass is 28.4. The van der Waals surface area contributed by atoms with Gasteiger partial charge in [0.15, 0.2) is 14.4 Å². The molecule has 0 fully saturated rings. The summed E-state index contributed by atoms with van der Waals surface area (Å²) in [5, 5.41) is -0.142. The van der Waals surface area contributed by atoms with Crippen LogP contribution in [0.4, 0.5) is 0 Å². The summed E-state index contributed by atoms with van der Waals surface area (Å²) in [5.74, 6) is -1.53. The Hall–Kier alpha value is -2.19. The topological polar surface area (TPSA) is 82.1 Å². The molecule has 1 rings (SSSR count). The van der Waals surface area contributed by atoms with E-state index in [-0.39, 0.29) is 24.8 Å². The van der Waals surface area contributed by atoms with Crippen molar-refractivity contribution in [2.24, 2.45) is 0 Å². The zero-order valence-electron chi connectivity index (χ0n) is 20.8. The highest BCUT2D eigenvalue weighted by Gasteiger charge is 2.44. The Morgan fingerprint density at radius 3 is 2.06 bits per heavy atom.